The molecule has 0 bridgehead atoms. The van der Waals surface area contributed by atoms with E-state index in [9.17, 15) is 9.59 Å². The number of hydrogen-bond donors (Lipinski definition) is 2. The van der Waals surface area contributed by atoms with E-state index in [0.29, 0.717) is 34.9 Å². The van der Waals surface area contributed by atoms with Crippen molar-refractivity contribution in [2.24, 2.45) is 0 Å². The van der Waals surface area contributed by atoms with Gasteiger partial charge in [0.2, 0.25) is 0 Å². The Morgan fingerprint density at radius 1 is 1.10 bits per heavy atom. The second kappa shape index (κ2) is 9.82. The summed E-state index contributed by atoms with van der Waals surface area (Å²) in [7, 11) is 1.55. The summed E-state index contributed by atoms with van der Waals surface area (Å²) in [5.41, 5.74) is 2.70. The zero-order valence-corrected chi connectivity index (χ0v) is 17.4. The number of allylic oxidation sites excluding steroid dienone is 1. The average molecular weight is 410 g/mol. The van der Waals surface area contributed by atoms with Gasteiger partial charge in [0.1, 0.15) is 0 Å². The van der Waals surface area contributed by atoms with Gasteiger partial charge in [-0.2, -0.15) is 0 Å². The minimum Gasteiger partial charge on any atom is -0.493 e. The van der Waals surface area contributed by atoms with Crippen LogP contribution in [-0.4, -0.2) is 32.3 Å². The molecule has 30 heavy (non-hydrogen) atoms. The van der Waals surface area contributed by atoms with E-state index in [1.807, 2.05) is 24.3 Å². The van der Waals surface area contributed by atoms with Gasteiger partial charge in [-0.3, -0.25) is 0 Å². The number of urea groups is 1. The normalized spacial score (nSPS) is 15.8. The highest BCUT2D eigenvalue weighted by Crippen LogP contribution is 2.34. The van der Waals surface area contributed by atoms with Crippen molar-refractivity contribution in [2.75, 3.05) is 20.3 Å². The van der Waals surface area contributed by atoms with Crippen LogP contribution in [0.25, 0.3) is 0 Å². The number of carbonyl (C=O) groups is 2. The Morgan fingerprint density at radius 2 is 1.87 bits per heavy atom. The third-order valence-electron chi connectivity index (χ3n) is 4.78. The lowest BCUT2D eigenvalue weighted by Gasteiger charge is -2.28. The Kier molecular flexibility index (Phi) is 6.95. The quantitative estimate of drug-likeness (QED) is 0.651. The first kappa shape index (κ1) is 21.2. The van der Waals surface area contributed by atoms with Crippen LogP contribution in [0.4, 0.5) is 4.79 Å². The summed E-state index contributed by atoms with van der Waals surface area (Å²) in [6.07, 6.45) is 0.769. The number of esters is 1. The summed E-state index contributed by atoms with van der Waals surface area (Å²) in [4.78, 5) is 24.5. The van der Waals surface area contributed by atoms with E-state index in [-0.39, 0.29) is 12.6 Å². The van der Waals surface area contributed by atoms with E-state index >= 15 is 0 Å². The lowest BCUT2D eigenvalue weighted by molar-refractivity contribution is -0.139. The third-order valence-corrected chi connectivity index (χ3v) is 4.78. The maximum absolute atomic E-state index is 12.5. The lowest BCUT2D eigenvalue weighted by atomic mass is 9.95. The molecule has 0 saturated heterocycles. The summed E-state index contributed by atoms with van der Waals surface area (Å²) < 4.78 is 16.6. The van der Waals surface area contributed by atoms with Crippen molar-refractivity contribution in [3.05, 3.63) is 70.9 Å². The van der Waals surface area contributed by atoms with E-state index in [2.05, 4.69) is 22.8 Å². The molecule has 7 heteroatoms. The SMILES string of the molecule is CCOC(=O)C1=C(C)NC(=O)N[C@H]1c1ccc(OCCc2ccccc2)c(OC)c1. The van der Waals surface area contributed by atoms with Crippen molar-refractivity contribution < 1.29 is 23.8 Å². The van der Waals surface area contributed by atoms with Crippen LogP contribution in [0, 0.1) is 0 Å². The van der Waals surface area contributed by atoms with Gasteiger partial charge >= 0.3 is 12.0 Å². The van der Waals surface area contributed by atoms with Gasteiger partial charge in [0, 0.05) is 12.1 Å². The van der Waals surface area contributed by atoms with Gasteiger partial charge in [-0.1, -0.05) is 36.4 Å². The third kappa shape index (κ3) is 4.92. The molecule has 2 aromatic carbocycles. The molecule has 1 heterocycles. The molecule has 2 N–H and O–H groups in total. The number of rotatable bonds is 8. The maximum atomic E-state index is 12.5. The highest BCUT2D eigenvalue weighted by molar-refractivity contribution is 5.95. The van der Waals surface area contributed by atoms with E-state index in [4.69, 9.17) is 14.2 Å². The molecule has 0 aliphatic carbocycles. The fraction of sp³-hybridized carbons (Fsp3) is 0.304. The van der Waals surface area contributed by atoms with E-state index in [1.165, 1.54) is 5.56 Å². The number of carbonyl (C=O) groups excluding carboxylic acids is 2. The highest BCUT2D eigenvalue weighted by Gasteiger charge is 2.32. The Labute approximate surface area is 176 Å². The molecule has 0 fully saturated rings. The van der Waals surface area contributed by atoms with E-state index in [0.717, 1.165) is 6.42 Å². The van der Waals surface area contributed by atoms with Crippen molar-refractivity contribution in [3.63, 3.8) is 0 Å². The van der Waals surface area contributed by atoms with Crippen LogP contribution in [0.3, 0.4) is 0 Å². The van der Waals surface area contributed by atoms with Gasteiger partial charge in [0.25, 0.3) is 0 Å². The zero-order valence-electron chi connectivity index (χ0n) is 17.4. The zero-order chi connectivity index (χ0) is 21.5. The van der Waals surface area contributed by atoms with Gasteiger partial charge in [-0.25, -0.2) is 9.59 Å². The molecule has 1 aliphatic rings. The second-order valence-corrected chi connectivity index (χ2v) is 6.78. The van der Waals surface area contributed by atoms with Gasteiger partial charge in [-0.15, -0.1) is 0 Å². The van der Waals surface area contributed by atoms with Crippen LogP contribution in [0.1, 0.15) is 31.0 Å². The summed E-state index contributed by atoms with van der Waals surface area (Å²) in [5, 5.41) is 5.41. The highest BCUT2D eigenvalue weighted by atomic mass is 16.5. The lowest BCUT2D eigenvalue weighted by Crippen LogP contribution is -2.45. The number of benzene rings is 2. The molecule has 0 radical (unpaired) electrons. The van der Waals surface area contributed by atoms with Crippen LogP contribution in [0.5, 0.6) is 11.5 Å². The molecule has 0 aromatic heterocycles. The molecule has 2 amide bonds. The van der Waals surface area contributed by atoms with Crippen LogP contribution in [0.2, 0.25) is 0 Å². The standard InChI is InChI=1S/C23H26N2O5/c1-4-29-22(26)20-15(2)24-23(27)25-21(20)17-10-11-18(19(14-17)28-3)30-13-12-16-8-6-5-7-9-16/h5-11,14,21H,4,12-13H2,1-3H3,(H2,24,25,27)/t21-/m0/s1. The van der Waals surface area contributed by atoms with Crippen LogP contribution in [0.15, 0.2) is 59.8 Å². The maximum Gasteiger partial charge on any atom is 0.338 e. The van der Waals surface area contributed by atoms with Crippen LogP contribution >= 0.6 is 0 Å². The summed E-state index contributed by atoms with van der Waals surface area (Å²) in [5.74, 6) is 0.639. The topological polar surface area (TPSA) is 85.9 Å². The predicted octanol–water partition coefficient (Wildman–Crippen LogP) is 3.51. The summed E-state index contributed by atoms with van der Waals surface area (Å²) in [6.45, 7) is 4.16. The van der Waals surface area contributed by atoms with Gasteiger partial charge in [-0.05, 0) is 37.1 Å². The smallest absolute Gasteiger partial charge is 0.338 e. The number of ether oxygens (including phenoxy) is 3. The number of methoxy groups -OCH3 is 1. The van der Waals surface area contributed by atoms with Gasteiger partial charge in [0.15, 0.2) is 11.5 Å². The van der Waals surface area contributed by atoms with E-state index < -0.39 is 12.0 Å². The minimum atomic E-state index is -0.648. The molecule has 3 rings (SSSR count). The molecule has 1 aliphatic heterocycles. The van der Waals surface area contributed by atoms with Crippen molar-refractivity contribution in [1.29, 1.82) is 0 Å². The Balaban J connectivity index is 1.80. The van der Waals surface area contributed by atoms with Crippen LogP contribution < -0.4 is 20.1 Å². The van der Waals surface area contributed by atoms with Crippen molar-refractivity contribution in [3.8, 4) is 11.5 Å². The van der Waals surface area contributed by atoms with Crippen molar-refractivity contribution in [2.45, 2.75) is 26.3 Å². The second-order valence-electron chi connectivity index (χ2n) is 6.78. The largest absolute Gasteiger partial charge is 0.493 e. The first-order valence-corrected chi connectivity index (χ1v) is 9.83. The van der Waals surface area contributed by atoms with Crippen molar-refractivity contribution in [1.82, 2.24) is 10.6 Å². The van der Waals surface area contributed by atoms with Gasteiger partial charge < -0.3 is 24.8 Å². The fourth-order valence-corrected chi connectivity index (χ4v) is 3.33. The first-order valence-electron chi connectivity index (χ1n) is 9.83. The average Bonchev–Trinajstić information content (AvgIpc) is 2.74. The molecule has 1 atom stereocenters. The molecule has 158 valence electrons. The van der Waals surface area contributed by atoms with E-state index in [1.54, 1.807) is 33.1 Å². The first-order chi connectivity index (χ1) is 14.5. The van der Waals surface area contributed by atoms with Crippen molar-refractivity contribution >= 4 is 12.0 Å². The van der Waals surface area contributed by atoms with Crippen LogP contribution in [-0.2, 0) is 16.0 Å². The molecular formula is C23H26N2O5. The predicted molar refractivity (Wildman–Crippen MR) is 112 cm³/mol. The number of hydrogen-bond acceptors (Lipinski definition) is 5. The fourth-order valence-electron chi connectivity index (χ4n) is 3.33. The Morgan fingerprint density at radius 3 is 2.57 bits per heavy atom. The molecule has 0 saturated carbocycles. The summed E-state index contributed by atoms with van der Waals surface area (Å²) in [6, 6.07) is 14.4. The molecule has 0 spiro atoms. The molecular weight excluding hydrogens is 384 g/mol. The molecule has 2 aromatic rings. The van der Waals surface area contributed by atoms with Gasteiger partial charge in [0.05, 0.1) is 31.9 Å². The summed E-state index contributed by atoms with van der Waals surface area (Å²) >= 11 is 0. The number of nitrogens with one attached hydrogen (secondary N) is 2. The Bertz CT molecular complexity index is 940. The monoisotopic (exact) mass is 410 g/mol. The number of amides is 2. The minimum absolute atomic E-state index is 0.244. The molecule has 7 nitrogen and oxygen atoms in total. The Hall–Kier alpha value is -3.48. The molecule has 0 unspecified atom stereocenters.